The lowest BCUT2D eigenvalue weighted by Gasteiger charge is -2.18. The van der Waals surface area contributed by atoms with Gasteiger partial charge in [-0.25, -0.2) is 0 Å². The fourth-order valence-electron chi connectivity index (χ4n) is 7.25. The molecule has 0 bridgehead atoms. The first-order valence-corrected chi connectivity index (χ1v) is 24.3. The summed E-state index contributed by atoms with van der Waals surface area (Å²) in [5.41, 5.74) is 0. The summed E-state index contributed by atoms with van der Waals surface area (Å²) in [6.45, 7) is 11.3. The second-order valence-electron chi connectivity index (χ2n) is 17.5. The van der Waals surface area contributed by atoms with Crippen LogP contribution in [0.5, 0.6) is 0 Å². The molecule has 0 radical (unpaired) electrons. The van der Waals surface area contributed by atoms with Gasteiger partial charge in [-0.15, -0.1) is 0 Å². The summed E-state index contributed by atoms with van der Waals surface area (Å²) in [4.78, 5) is 37.8. The Morgan fingerprint density at radius 1 is 0.382 bits per heavy atom. The molecule has 0 aromatic heterocycles. The zero-order valence-electron chi connectivity index (χ0n) is 37.6. The van der Waals surface area contributed by atoms with Crippen molar-refractivity contribution in [1.82, 2.24) is 0 Å². The maximum Gasteiger partial charge on any atom is 0.306 e. The summed E-state index contributed by atoms with van der Waals surface area (Å²) in [5.74, 6) is 0.769. The Bertz CT molecular complexity index is 841. The Labute approximate surface area is 342 Å². The molecule has 0 saturated heterocycles. The molecule has 0 fully saturated rings. The van der Waals surface area contributed by atoms with Crippen molar-refractivity contribution in [2.75, 3.05) is 13.2 Å². The molecule has 0 aromatic rings. The van der Waals surface area contributed by atoms with Gasteiger partial charge in [0.25, 0.3) is 0 Å². The standard InChI is InChI=1S/C49H94O6/c1-6-8-9-10-11-12-13-14-15-16-17-18-24-29-34-39-47(50)53-42-46(43-54-48(51)40-35-30-26-21-22-27-32-37-44(3)4)55-49(52)41-36-31-25-20-19-23-28-33-38-45(5)7-2/h44-46H,6-43H2,1-5H3/t45?,46-/m1/s1. The van der Waals surface area contributed by atoms with Crippen LogP contribution in [0.15, 0.2) is 0 Å². The van der Waals surface area contributed by atoms with Gasteiger partial charge in [0.15, 0.2) is 6.10 Å². The van der Waals surface area contributed by atoms with Crippen LogP contribution in [0.3, 0.4) is 0 Å². The van der Waals surface area contributed by atoms with E-state index in [4.69, 9.17) is 14.2 Å². The molecule has 2 atom stereocenters. The third-order valence-electron chi connectivity index (χ3n) is 11.3. The maximum absolute atomic E-state index is 12.7. The molecule has 0 rings (SSSR count). The summed E-state index contributed by atoms with van der Waals surface area (Å²) >= 11 is 0. The van der Waals surface area contributed by atoms with Gasteiger partial charge < -0.3 is 14.2 Å². The predicted octanol–water partition coefficient (Wildman–Crippen LogP) is 15.4. The Kier molecular flexibility index (Phi) is 40.8. The van der Waals surface area contributed by atoms with E-state index >= 15 is 0 Å². The highest BCUT2D eigenvalue weighted by Crippen LogP contribution is 2.17. The minimum absolute atomic E-state index is 0.0650. The lowest BCUT2D eigenvalue weighted by molar-refractivity contribution is -0.167. The van der Waals surface area contributed by atoms with E-state index in [-0.39, 0.29) is 31.1 Å². The fourth-order valence-corrected chi connectivity index (χ4v) is 7.25. The summed E-state index contributed by atoms with van der Waals surface area (Å²) in [5, 5.41) is 0. The van der Waals surface area contributed by atoms with Crippen LogP contribution in [0.4, 0.5) is 0 Å². The van der Waals surface area contributed by atoms with Crippen molar-refractivity contribution in [3.05, 3.63) is 0 Å². The SMILES string of the molecule is CCCCCCCCCCCCCCCCCC(=O)OC[C@H](COC(=O)CCCCCCCCCC(C)C)OC(=O)CCCCCCCCCCC(C)CC. The molecule has 0 saturated carbocycles. The van der Waals surface area contributed by atoms with Gasteiger partial charge in [-0.3, -0.25) is 14.4 Å². The van der Waals surface area contributed by atoms with E-state index in [2.05, 4.69) is 34.6 Å². The van der Waals surface area contributed by atoms with Crippen LogP contribution in [-0.2, 0) is 28.6 Å². The highest BCUT2D eigenvalue weighted by Gasteiger charge is 2.19. The van der Waals surface area contributed by atoms with Gasteiger partial charge in [0.2, 0.25) is 0 Å². The first-order chi connectivity index (χ1) is 26.8. The minimum Gasteiger partial charge on any atom is -0.462 e. The smallest absolute Gasteiger partial charge is 0.306 e. The number of hydrogen-bond donors (Lipinski definition) is 0. The first kappa shape index (κ1) is 53.4. The lowest BCUT2D eigenvalue weighted by Crippen LogP contribution is -2.30. The van der Waals surface area contributed by atoms with Gasteiger partial charge in [0.1, 0.15) is 13.2 Å². The Morgan fingerprint density at radius 2 is 0.691 bits per heavy atom. The molecule has 0 aliphatic heterocycles. The van der Waals surface area contributed by atoms with Gasteiger partial charge in [0.05, 0.1) is 0 Å². The van der Waals surface area contributed by atoms with E-state index < -0.39 is 6.10 Å². The molecule has 0 amide bonds. The molecule has 0 N–H and O–H groups in total. The Hall–Kier alpha value is -1.59. The van der Waals surface area contributed by atoms with Gasteiger partial charge in [-0.05, 0) is 31.1 Å². The number of carbonyl (C=O) groups is 3. The van der Waals surface area contributed by atoms with Crippen LogP contribution in [0.25, 0.3) is 0 Å². The van der Waals surface area contributed by atoms with Gasteiger partial charge in [0, 0.05) is 19.3 Å². The third-order valence-corrected chi connectivity index (χ3v) is 11.3. The maximum atomic E-state index is 12.7. The summed E-state index contributed by atoms with van der Waals surface area (Å²) < 4.78 is 16.7. The molecule has 1 unspecified atom stereocenters. The quantitative estimate of drug-likeness (QED) is 0.0348. The van der Waals surface area contributed by atoms with Crippen molar-refractivity contribution < 1.29 is 28.6 Å². The van der Waals surface area contributed by atoms with Crippen LogP contribution in [-0.4, -0.2) is 37.2 Å². The Balaban J connectivity index is 4.31. The second-order valence-corrected chi connectivity index (χ2v) is 17.5. The molecule has 55 heavy (non-hydrogen) atoms. The number of unbranched alkanes of at least 4 members (excludes halogenated alkanes) is 27. The average molecular weight is 779 g/mol. The van der Waals surface area contributed by atoms with Crippen molar-refractivity contribution in [3.63, 3.8) is 0 Å². The molecule has 0 aliphatic carbocycles. The number of carbonyl (C=O) groups excluding carboxylic acids is 3. The monoisotopic (exact) mass is 779 g/mol. The van der Waals surface area contributed by atoms with Gasteiger partial charge >= 0.3 is 17.9 Å². The highest BCUT2D eigenvalue weighted by molar-refractivity contribution is 5.71. The van der Waals surface area contributed by atoms with Crippen LogP contribution in [0.2, 0.25) is 0 Å². The first-order valence-electron chi connectivity index (χ1n) is 24.3. The van der Waals surface area contributed by atoms with Crippen LogP contribution in [0, 0.1) is 11.8 Å². The number of rotatable bonds is 43. The number of hydrogen-bond acceptors (Lipinski definition) is 6. The highest BCUT2D eigenvalue weighted by atomic mass is 16.6. The molecule has 6 nitrogen and oxygen atoms in total. The molecule has 0 aliphatic rings. The van der Waals surface area contributed by atoms with Gasteiger partial charge in [-0.2, -0.15) is 0 Å². The van der Waals surface area contributed by atoms with E-state index in [1.807, 2.05) is 0 Å². The third kappa shape index (κ3) is 41.9. The Morgan fingerprint density at radius 3 is 1.04 bits per heavy atom. The predicted molar refractivity (Wildman–Crippen MR) is 233 cm³/mol. The van der Waals surface area contributed by atoms with E-state index in [1.165, 1.54) is 154 Å². The van der Waals surface area contributed by atoms with E-state index in [0.717, 1.165) is 69.6 Å². The van der Waals surface area contributed by atoms with Crippen molar-refractivity contribution in [2.45, 2.75) is 272 Å². The summed E-state index contributed by atoms with van der Waals surface area (Å²) in [6.07, 6.45) is 40.9. The average Bonchev–Trinajstić information content (AvgIpc) is 3.17. The van der Waals surface area contributed by atoms with Crippen molar-refractivity contribution >= 4 is 17.9 Å². The van der Waals surface area contributed by atoms with Crippen LogP contribution >= 0.6 is 0 Å². The molecule has 0 spiro atoms. The van der Waals surface area contributed by atoms with E-state index in [1.54, 1.807) is 0 Å². The van der Waals surface area contributed by atoms with E-state index in [0.29, 0.717) is 19.3 Å². The summed E-state index contributed by atoms with van der Waals surface area (Å²) in [7, 11) is 0. The van der Waals surface area contributed by atoms with Gasteiger partial charge in [-0.1, -0.05) is 227 Å². The normalized spacial score (nSPS) is 12.5. The topological polar surface area (TPSA) is 78.9 Å². The second kappa shape index (κ2) is 42.0. The summed E-state index contributed by atoms with van der Waals surface area (Å²) in [6, 6.07) is 0. The molecular weight excluding hydrogens is 685 g/mol. The zero-order valence-corrected chi connectivity index (χ0v) is 37.6. The molecule has 0 aromatic carbocycles. The molecule has 0 heterocycles. The molecule has 326 valence electrons. The van der Waals surface area contributed by atoms with Crippen molar-refractivity contribution in [3.8, 4) is 0 Å². The largest absolute Gasteiger partial charge is 0.462 e. The van der Waals surface area contributed by atoms with Crippen LogP contribution in [0.1, 0.15) is 266 Å². The lowest BCUT2D eigenvalue weighted by atomic mass is 9.99. The molecular formula is C49H94O6. The van der Waals surface area contributed by atoms with Crippen molar-refractivity contribution in [2.24, 2.45) is 11.8 Å². The fraction of sp³-hybridized carbons (Fsp3) is 0.939. The minimum atomic E-state index is -0.761. The zero-order chi connectivity index (χ0) is 40.5. The molecule has 6 heteroatoms. The van der Waals surface area contributed by atoms with Crippen molar-refractivity contribution in [1.29, 1.82) is 0 Å². The van der Waals surface area contributed by atoms with Crippen LogP contribution < -0.4 is 0 Å². The number of esters is 3. The number of ether oxygens (including phenoxy) is 3. The van der Waals surface area contributed by atoms with E-state index in [9.17, 15) is 14.4 Å².